The van der Waals surface area contributed by atoms with Crippen molar-refractivity contribution in [1.82, 2.24) is 4.98 Å². The van der Waals surface area contributed by atoms with Gasteiger partial charge in [0.2, 0.25) is 0 Å². The third-order valence-electron chi connectivity index (χ3n) is 5.72. The minimum Gasteiger partial charge on any atom is -0.478 e. The molecule has 10 heteroatoms. The molecule has 0 aliphatic carbocycles. The highest BCUT2D eigenvalue weighted by Crippen LogP contribution is 2.29. The summed E-state index contributed by atoms with van der Waals surface area (Å²) in [4.78, 5) is 30.2. The summed E-state index contributed by atoms with van der Waals surface area (Å²) >= 11 is 0. The lowest BCUT2D eigenvalue weighted by Gasteiger charge is -2.33. The zero-order valence-corrected chi connectivity index (χ0v) is 20.7. The third-order valence-corrected chi connectivity index (χ3v) is 7.12. The molecular formula is C24H31N3O6S. The maximum absolute atomic E-state index is 12.9. The summed E-state index contributed by atoms with van der Waals surface area (Å²) in [6.45, 7) is 8.95. The van der Waals surface area contributed by atoms with Gasteiger partial charge in [-0.2, -0.15) is 0 Å². The van der Waals surface area contributed by atoms with Crippen LogP contribution in [0.3, 0.4) is 0 Å². The smallest absolute Gasteiger partial charge is 0.339 e. The van der Waals surface area contributed by atoms with Gasteiger partial charge in [-0.05, 0) is 48.9 Å². The van der Waals surface area contributed by atoms with Gasteiger partial charge in [-0.3, -0.25) is 9.52 Å². The molecule has 0 amide bonds. The van der Waals surface area contributed by atoms with Gasteiger partial charge in [-0.25, -0.2) is 18.2 Å². The number of carboxylic acids is 1. The average Bonchev–Trinajstić information content (AvgIpc) is 2.78. The van der Waals surface area contributed by atoms with Crippen LogP contribution in [0, 0.1) is 5.92 Å². The number of pyridine rings is 1. The summed E-state index contributed by atoms with van der Waals surface area (Å²) in [6.07, 6.45) is 2.63. The standard InChI is InChI=1S/C24H31N3O6S/c1-5-33-23(30)16-7-6-12-27(15-16)21-20(22(28)29)13-18(14-25-21)26-34(31,32)19-10-8-17(9-11-19)24(2,3)4/h8-11,13-14,16,26H,5-7,12,15H2,1-4H3,(H,28,29)/t16-/m1/s1. The number of nitrogens with zero attached hydrogens (tertiary/aromatic N) is 2. The minimum absolute atomic E-state index is 0.0417. The van der Waals surface area contributed by atoms with Crippen LogP contribution in [0.5, 0.6) is 0 Å². The van der Waals surface area contributed by atoms with Gasteiger partial charge in [0.15, 0.2) is 0 Å². The van der Waals surface area contributed by atoms with Crippen molar-refractivity contribution in [3.05, 3.63) is 47.7 Å². The molecule has 3 rings (SSSR count). The van der Waals surface area contributed by atoms with Crippen LogP contribution in [0.15, 0.2) is 41.4 Å². The normalized spacial score (nSPS) is 16.7. The predicted molar refractivity (Wildman–Crippen MR) is 129 cm³/mol. The van der Waals surface area contributed by atoms with Gasteiger partial charge in [0.1, 0.15) is 11.4 Å². The van der Waals surface area contributed by atoms with Gasteiger partial charge in [-0.1, -0.05) is 32.9 Å². The number of rotatable bonds is 7. The van der Waals surface area contributed by atoms with Gasteiger partial charge in [0.25, 0.3) is 10.0 Å². The fourth-order valence-corrected chi connectivity index (χ4v) is 4.93. The van der Waals surface area contributed by atoms with Crippen LogP contribution in [-0.4, -0.2) is 50.1 Å². The van der Waals surface area contributed by atoms with Crippen LogP contribution in [0.1, 0.15) is 56.5 Å². The Hall–Kier alpha value is -3.14. The van der Waals surface area contributed by atoms with Crippen molar-refractivity contribution in [2.75, 3.05) is 29.3 Å². The van der Waals surface area contributed by atoms with E-state index in [1.807, 2.05) is 20.8 Å². The molecule has 2 heterocycles. The molecule has 34 heavy (non-hydrogen) atoms. The van der Waals surface area contributed by atoms with E-state index in [1.165, 1.54) is 24.4 Å². The van der Waals surface area contributed by atoms with Crippen LogP contribution >= 0.6 is 0 Å². The molecule has 1 saturated heterocycles. The zero-order chi connectivity index (χ0) is 25.1. The second kappa shape index (κ2) is 10.0. The molecular weight excluding hydrogens is 458 g/mol. The number of piperidine rings is 1. The summed E-state index contributed by atoms with van der Waals surface area (Å²) < 4.78 is 33.2. The first-order valence-electron chi connectivity index (χ1n) is 11.2. The van der Waals surface area contributed by atoms with Crippen molar-refractivity contribution in [3.8, 4) is 0 Å². The van der Waals surface area contributed by atoms with Crippen LogP contribution in [0.2, 0.25) is 0 Å². The largest absolute Gasteiger partial charge is 0.478 e. The number of anilines is 2. The number of benzene rings is 1. The van der Waals surface area contributed by atoms with E-state index in [9.17, 15) is 23.1 Å². The summed E-state index contributed by atoms with van der Waals surface area (Å²) in [5.74, 6) is -1.73. The summed E-state index contributed by atoms with van der Waals surface area (Å²) in [5.41, 5.74) is 0.771. The molecule has 184 valence electrons. The average molecular weight is 490 g/mol. The van der Waals surface area contributed by atoms with Gasteiger partial charge in [0.05, 0.1) is 29.3 Å². The first-order chi connectivity index (χ1) is 15.9. The number of nitrogens with one attached hydrogen (secondary N) is 1. The molecule has 1 aromatic carbocycles. The van der Waals surface area contributed by atoms with E-state index in [0.29, 0.717) is 19.4 Å². The Labute approximate surface area is 200 Å². The molecule has 0 saturated carbocycles. The summed E-state index contributed by atoms with van der Waals surface area (Å²) in [6, 6.07) is 7.81. The first kappa shape index (κ1) is 25.5. The highest BCUT2D eigenvalue weighted by atomic mass is 32.2. The second-order valence-electron chi connectivity index (χ2n) is 9.32. The molecule has 1 aromatic heterocycles. The Balaban J connectivity index is 1.84. The molecule has 1 atom stereocenters. The minimum atomic E-state index is -3.94. The fourth-order valence-electron chi connectivity index (χ4n) is 3.89. The lowest BCUT2D eigenvalue weighted by Crippen LogP contribution is -2.40. The molecule has 2 aromatic rings. The van der Waals surface area contributed by atoms with Gasteiger partial charge in [0, 0.05) is 13.1 Å². The number of carbonyl (C=O) groups excluding carboxylic acids is 1. The first-order valence-corrected chi connectivity index (χ1v) is 12.7. The number of sulfonamides is 1. The van der Waals surface area contributed by atoms with E-state index in [1.54, 1.807) is 24.0 Å². The number of hydrogen-bond acceptors (Lipinski definition) is 7. The number of esters is 1. The van der Waals surface area contributed by atoms with E-state index in [-0.39, 0.29) is 52.4 Å². The van der Waals surface area contributed by atoms with Crippen molar-refractivity contribution in [3.63, 3.8) is 0 Å². The lowest BCUT2D eigenvalue weighted by molar-refractivity contribution is -0.148. The van der Waals surface area contributed by atoms with Gasteiger partial charge >= 0.3 is 11.9 Å². The van der Waals surface area contributed by atoms with E-state index in [2.05, 4.69) is 9.71 Å². The number of aromatic carboxylic acids is 1. The summed E-state index contributed by atoms with van der Waals surface area (Å²) in [5, 5.41) is 9.77. The van der Waals surface area contributed by atoms with Crippen LogP contribution < -0.4 is 9.62 Å². The Morgan fingerprint density at radius 1 is 1.24 bits per heavy atom. The van der Waals surface area contributed by atoms with E-state index >= 15 is 0 Å². The van der Waals surface area contributed by atoms with Crippen LogP contribution in [-0.2, 0) is 25.0 Å². The number of hydrogen-bond donors (Lipinski definition) is 2. The van der Waals surface area contributed by atoms with Gasteiger partial charge < -0.3 is 14.7 Å². The second-order valence-corrected chi connectivity index (χ2v) is 11.0. The Kier molecular flexibility index (Phi) is 7.50. The molecule has 1 aliphatic heterocycles. The third kappa shape index (κ3) is 5.85. The van der Waals surface area contributed by atoms with Crippen molar-refractivity contribution in [2.24, 2.45) is 5.92 Å². The number of ether oxygens (including phenoxy) is 1. The number of aromatic nitrogens is 1. The molecule has 0 spiro atoms. The Morgan fingerprint density at radius 2 is 1.91 bits per heavy atom. The highest BCUT2D eigenvalue weighted by molar-refractivity contribution is 7.92. The monoisotopic (exact) mass is 489 g/mol. The number of carbonyl (C=O) groups is 2. The van der Waals surface area contributed by atoms with Crippen LogP contribution in [0.25, 0.3) is 0 Å². The zero-order valence-electron chi connectivity index (χ0n) is 19.9. The Morgan fingerprint density at radius 3 is 2.50 bits per heavy atom. The predicted octanol–water partition coefficient (Wildman–Crippen LogP) is 3.66. The topological polar surface area (TPSA) is 126 Å². The molecule has 0 radical (unpaired) electrons. The van der Waals surface area contributed by atoms with Crippen molar-refractivity contribution < 1.29 is 27.9 Å². The molecule has 2 N–H and O–H groups in total. The van der Waals surface area contributed by atoms with E-state index in [0.717, 1.165) is 5.56 Å². The van der Waals surface area contributed by atoms with Crippen molar-refractivity contribution >= 4 is 33.5 Å². The van der Waals surface area contributed by atoms with E-state index in [4.69, 9.17) is 4.74 Å². The molecule has 1 fully saturated rings. The fraction of sp³-hybridized carbons (Fsp3) is 0.458. The molecule has 0 unspecified atom stereocenters. The quantitative estimate of drug-likeness (QED) is 0.565. The maximum atomic E-state index is 12.9. The van der Waals surface area contributed by atoms with Crippen molar-refractivity contribution in [1.29, 1.82) is 0 Å². The molecule has 9 nitrogen and oxygen atoms in total. The van der Waals surface area contributed by atoms with E-state index < -0.39 is 16.0 Å². The number of carboxylic acid groups (broad SMARTS) is 1. The lowest BCUT2D eigenvalue weighted by atomic mass is 9.87. The SMILES string of the molecule is CCOC(=O)[C@@H]1CCCN(c2ncc(NS(=O)(=O)c3ccc(C(C)(C)C)cc3)cc2C(=O)O)C1. The highest BCUT2D eigenvalue weighted by Gasteiger charge is 2.30. The maximum Gasteiger partial charge on any atom is 0.339 e. The molecule has 0 bridgehead atoms. The van der Waals surface area contributed by atoms with Gasteiger partial charge in [-0.15, -0.1) is 0 Å². The summed E-state index contributed by atoms with van der Waals surface area (Å²) in [7, 11) is -3.94. The van der Waals surface area contributed by atoms with Crippen LogP contribution in [0.4, 0.5) is 11.5 Å². The Bertz CT molecular complexity index is 1160. The van der Waals surface area contributed by atoms with Crippen molar-refractivity contribution in [2.45, 2.75) is 50.8 Å². The molecule has 1 aliphatic rings.